The van der Waals surface area contributed by atoms with Crippen molar-refractivity contribution in [3.63, 3.8) is 0 Å². The fraction of sp³-hybridized carbons (Fsp3) is 0.300. The summed E-state index contributed by atoms with van der Waals surface area (Å²) in [5, 5.41) is 14.9. The summed E-state index contributed by atoms with van der Waals surface area (Å²) in [6, 6.07) is 9.00. The number of anilines is 1. The Balaban J connectivity index is 1.70. The zero-order valence-corrected chi connectivity index (χ0v) is 18.0. The molecule has 29 heavy (non-hydrogen) atoms. The molecule has 9 heteroatoms. The lowest BCUT2D eigenvalue weighted by atomic mass is 9.95. The zero-order valence-electron chi connectivity index (χ0n) is 16.4. The third-order valence-electron chi connectivity index (χ3n) is 4.13. The highest BCUT2D eigenvalue weighted by Crippen LogP contribution is 2.29. The number of thioether (sulfide) groups is 1. The molecule has 3 rings (SSSR count). The number of carbonyl (C=O) groups is 2. The molecular formula is C20H22N4O3S2. The number of benzene rings is 1. The first kappa shape index (κ1) is 21.2. The maximum absolute atomic E-state index is 12.5. The monoisotopic (exact) mass is 430 g/mol. The highest BCUT2D eigenvalue weighted by molar-refractivity contribution is 8.18. The summed E-state index contributed by atoms with van der Waals surface area (Å²) in [5.41, 5.74) is 0.847. The molecular weight excluding hydrogens is 408 g/mol. The first-order valence-corrected chi connectivity index (χ1v) is 10.6. The van der Waals surface area contributed by atoms with E-state index in [2.05, 4.69) is 15.3 Å². The first-order valence-electron chi connectivity index (χ1n) is 8.94. The van der Waals surface area contributed by atoms with Crippen LogP contribution in [0.4, 0.5) is 5.13 Å². The SMILES string of the molecule is CN(C(=O)c1ccccc1)c1nc(/C=C2\SC(=NCC(C)(C)CO)NC2=O)cs1. The molecule has 2 amide bonds. The van der Waals surface area contributed by atoms with Crippen molar-refractivity contribution < 1.29 is 14.7 Å². The summed E-state index contributed by atoms with van der Waals surface area (Å²) >= 11 is 2.57. The highest BCUT2D eigenvalue weighted by atomic mass is 32.2. The number of hydrogen-bond donors (Lipinski definition) is 2. The van der Waals surface area contributed by atoms with E-state index in [0.717, 1.165) is 0 Å². The summed E-state index contributed by atoms with van der Waals surface area (Å²) in [5.74, 6) is -0.383. The Morgan fingerprint density at radius 3 is 2.76 bits per heavy atom. The first-order chi connectivity index (χ1) is 13.8. The molecule has 1 aromatic heterocycles. The Morgan fingerprint density at radius 2 is 2.07 bits per heavy atom. The predicted molar refractivity (Wildman–Crippen MR) is 118 cm³/mol. The van der Waals surface area contributed by atoms with Gasteiger partial charge in [-0.15, -0.1) is 11.3 Å². The Bertz CT molecular complexity index is 967. The number of aliphatic hydroxyl groups is 1. The zero-order chi connectivity index (χ0) is 21.0. The second-order valence-corrected chi connectivity index (χ2v) is 9.16. The van der Waals surface area contributed by atoms with Crippen molar-refractivity contribution in [1.82, 2.24) is 10.3 Å². The number of nitrogens with zero attached hydrogens (tertiary/aromatic N) is 3. The smallest absolute Gasteiger partial charge is 0.264 e. The fourth-order valence-corrected chi connectivity index (χ4v) is 3.88. The minimum atomic E-state index is -0.343. The van der Waals surface area contributed by atoms with Gasteiger partial charge in [0.1, 0.15) is 0 Å². The van der Waals surface area contributed by atoms with Gasteiger partial charge in [-0.2, -0.15) is 0 Å². The standard InChI is InChI=1S/C20H22N4O3S2/c1-20(2,12-25)11-21-18-23-16(26)15(29-18)9-14-10-28-19(22-14)24(3)17(27)13-7-5-4-6-8-13/h4-10,25H,11-12H2,1-3H3,(H,21,23,26)/b15-9-. The minimum Gasteiger partial charge on any atom is -0.396 e. The molecule has 2 heterocycles. The average Bonchev–Trinajstić information content (AvgIpc) is 3.33. The molecule has 0 aliphatic carbocycles. The van der Waals surface area contributed by atoms with Crippen molar-refractivity contribution in [1.29, 1.82) is 0 Å². The normalized spacial score (nSPS) is 17.0. The van der Waals surface area contributed by atoms with Crippen LogP contribution in [-0.2, 0) is 4.79 Å². The Kier molecular flexibility index (Phi) is 6.51. The molecule has 7 nitrogen and oxygen atoms in total. The van der Waals surface area contributed by atoms with Gasteiger partial charge in [0.15, 0.2) is 10.3 Å². The molecule has 1 saturated heterocycles. The van der Waals surface area contributed by atoms with Gasteiger partial charge in [0.2, 0.25) is 0 Å². The topological polar surface area (TPSA) is 94.9 Å². The Labute approximate surface area is 177 Å². The largest absolute Gasteiger partial charge is 0.396 e. The molecule has 1 aromatic carbocycles. The lowest BCUT2D eigenvalue weighted by Gasteiger charge is -2.18. The number of aromatic nitrogens is 1. The van der Waals surface area contributed by atoms with Gasteiger partial charge in [0.05, 0.1) is 10.6 Å². The van der Waals surface area contributed by atoms with Crippen LogP contribution in [0.2, 0.25) is 0 Å². The molecule has 0 atom stereocenters. The lowest BCUT2D eigenvalue weighted by Crippen LogP contribution is -2.25. The van der Waals surface area contributed by atoms with E-state index in [4.69, 9.17) is 0 Å². The van der Waals surface area contributed by atoms with E-state index in [1.165, 1.54) is 28.0 Å². The molecule has 0 saturated carbocycles. The Hall–Kier alpha value is -2.49. The van der Waals surface area contributed by atoms with Crippen LogP contribution in [0.5, 0.6) is 0 Å². The van der Waals surface area contributed by atoms with Gasteiger partial charge in [0, 0.05) is 36.6 Å². The van der Waals surface area contributed by atoms with Crippen LogP contribution in [0.25, 0.3) is 6.08 Å². The summed E-state index contributed by atoms with van der Waals surface area (Å²) in [4.78, 5) is 35.6. The van der Waals surface area contributed by atoms with Crippen molar-refractivity contribution in [3.8, 4) is 0 Å². The number of aliphatic imine (C=N–C) groups is 1. The molecule has 1 fully saturated rings. The second-order valence-electron chi connectivity index (χ2n) is 7.29. The van der Waals surface area contributed by atoms with Crippen molar-refractivity contribution in [3.05, 3.63) is 51.9 Å². The quantitative estimate of drug-likeness (QED) is 0.687. The number of aliphatic hydroxyl groups excluding tert-OH is 1. The number of carbonyl (C=O) groups excluding carboxylic acids is 2. The van der Waals surface area contributed by atoms with Crippen LogP contribution in [-0.4, -0.2) is 47.3 Å². The van der Waals surface area contributed by atoms with Crippen LogP contribution in [0.3, 0.4) is 0 Å². The maximum Gasteiger partial charge on any atom is 0.264 e. The van der Waals surface area contributed by atoms with Gasteiger partial charge in [-0.3, -0.25) is 19.5 Å². The van der Waals surface area contributed by atoms with Crippen LogP contribution in [0, 0.1) is 5.41 Å². The van der Waals surface area contributed by atoms with Gasteiger partial charge in [-0.05, 0) is 30.0 Å². The van der Waals surface area contributed by atoms with E-state index in [9.17, 15) is 14.7 Å². The molecule has 0 bridgehead atoms. The average molecular weight is 431 g/mol. The number of amidine groups is 1. The summed E-state index contributed by atoms with van der Waals surface area (Å²) in [7, 11) is 1.68. The molecule has 152 valence electrons. The van der Waals surface area contributed by atoms with E-state index < -0.39 is 0 Å². The number of rotatable bonds is 6. The molecule has 0 radical (unpaired) electrons. The summed E-state index contributed by atoms with van der Waals surface area (Å²) in [6.45, 7) is 4.23. The van der Waals surface area contributed by atoms with Crippen LogP contribution in [0.1, 0.15) is 29.9 Å². The molecule has 1 aliphatic rings. The molecule has 1 aliphatic heterocycles. The minimum absolute atomic E-state index is 0.0158. The Morgan fingerprint density at radius 1 is 1.34 bits per heavy atom. The van der Waals surface area contributed by atoms with Gasteiger partial charge in [-0.25, -0.2) is 4.98 Å². The number of thiazole rings is 1. The van der Waals surface area contributed by atoms with E-state index in [1.54, 1.807) is 30.6 Å². The van der Waals surface area contributed by atoms with E-state index in [1.807, 2.05) is 32.0 Å². The number of amides is 2. The number of hydrogen-bond acceptors (Lipinski definition) is 7. The van der Waals surface area contributed by atoms with Gasteiger partial charge in [-0.1, -0.05) is 32.0 Å². The summed E-state index contributed by atoms with van der Waals surface area (Å²) in [6.07, 6.45) is 1.68. The van der Waals surface area contributed by atoms with Gasteiger partial charge >= 0.3 is 0 Å². The lowest BCUT2D eigenvalue weighted by molar-refractivity contribution is -0.115. The van der Waals surface area contributed by atoms with Gasteiger partial charge in [0.25, 0.3) is 11.8 Å². The third-order valence-corrected chi connectivity index (χ3v) is 6.01. The van der Waals surface area contributed by atoms with E-state index >= 15 is 0 Å². The molecule has 0 spiro atoms. The van der Waals surface area contributed by atoms with Crippen LogP contribution in [0.15, 0.2) is 45.6 Å². The molecule has 2 N–H and O–H groups in total. The van der Waals surface area contributed by atoms with Crippen LogP contribution >= 0.6 is 23.1 Å². The van der Waals surface area contributed by atoms with Crippen molar-refractivity contribution in [2.45, 2.75) is 13.8 Å². The van der Waals surface area contributed by atoms with E-state index in [0.29, 0.717) is 33.0 Å². The molecule has 0 unspecified atom stereocenters. The van der Waals surface area contributed by atoms with Crippen molar-refractivity contribution in [2.24, 2.45) is 10.4 Å². The van der Waals surface area contributed by atoms with Crippen molar-refractivity contribution >= 4 is 51.3 Å². The van der Waals surface area contributed by atoms with Crippen molar-refractivity contribution in [2.75, 3.05) is 25.1 Å². The van der Waals surface area contributed by atoms with E-state index in [-0.39, 0.29) is 23.8 Å². The maximum atomic E-state index is 12.5. The second kappa shape index (κ2) is 8.89. The predicted octanol–water partition coefficient (Wildman–Crippen LogP) is 3.00. The molecule has 2 aromatic rings. The summed E-state index contributed by atoms with van der Waals surface area (Å²) < 4.78 is 0. The highest BCUT2D eigenvalue weighted by Gasteiger charge is 2.25. The van der Waals surface area contributed by atoms with Gasteiger partial charge < -0.3 is 10.4 Å². The third kappa shape index (κ3) is 5.31. The van der Waals surface area contributed by atoms with Crippen LogP contribution < -0.4 is 10.2 Å². The number of nitrogens with one attached hydrogen (secondary N) is 1. The fourth-order valence-electron chi connectivity index (χ4n) is 2.33.